The highest BCUT2D eigenvalue weighted by Crippen LogP contribution is 2.21. The van der Waals surface area contributed by atoms with Crippen molar-refractivity contribution in [3.63, 3.8) is 0 Å². The third kappa shape index (κ3) is 6.25. The number of rotatable bonds is 3. The van der Waals surface area contributed by atoms with Crippen LogP contribution in [0.5, 0.6) is 11.5 Å². The zero-order valence-corrected chi connectivity index (χ0v) is 13.3. The third-order valence-electron chi connectivity index (χ3n) is 2.75. The van der Waals surface area contributed by atoms with Gasteiger partial charge in [-0.05, 0) is 35.9 Å². The molecule has 0 atom stereocenters. The van der Waals surface area contributed by atoms with E-state index in [1.807, 2.05) is 0 Å². The molecule has 0 amide bonds. The number of hydrogen-bond acceptors (Lipinski definition) is 5. The van der Waals surface area contributed by atoms with Crippen LogP contribution < -0.4 is 0 Å². The fourth-order valence-corrected chi connectivity index (χ4v) is 1.75. The molecule has 7 nitrogen and oxygen atoms in total. The highest BCUT2D eigenvalue weighted by molar-refractivity contribution is 6.30. The summed E-state index contributed by atoms with van der Waals surface area (Å²) >= 11 is 5.65. The van der Waals surface area contributed by atoms with Crippen LogP contribution in [0.25, 0.3) is 5.57 Å². The molecule has 4 N–H and O–H groups in total. The largest absolute Gasteiger partial charge is 0.508 e. The molecule has 2 aromatic rings. The summed E-state index contributed by atoms with van der Waals surface area (Å²) in [6.07, 6.45) is 0.864. The SMILES string of the molecule is N#CC(=CC(=O)O)c1ccc(Cl)cc1.O=C(O)c1cc(O)ccc1O. The van der Waals surface area contributed by atoms with Gasteiger partial charge in [0.15, 0.2) is 0 Å². The van der Waals surface area contributed by atoms with Crippen molar-refractivity contribution in [1.82, 2.24) is 0 Å². The number of halogens is 1. The predicted octanol–water partition coefficient (Wildman–Crippen LogP) is 3.13. The molecule has 0 aliphatic carbocycles. The molecule has 25 heavy (non-hydrogen) atoms. The number of nitrogens with zero attached hydrogens (tertiary/aromatic N) is 1. The first kappa shape index (κ1) is 19.5. The van der Waals surface area contributed by atoms with Gasteiger partial charge in [-0.15, -0.1) is 0 Å². The molecule has 0 aromatic heterocycles. The summed E-state index contributed by atoms with van der Waals surface area (Å²) in [5.74, 6) is -2.94. The maximum absolute atomic E-state index is 10.4. The smallest absolute Gasteiger partial charge is 0.339 e. The van der Waals surface area contributed by atoms with Crippen molar-refractivity contribution in [3.05, 3.63) is 64.7 Å². The standard InChI is InChI=1S/C10H6ClNO2.C7H6O4/c11-9-3-1-7(2-4-9)8(6-12)5-10(13)14;8-4-1-2-6(9)5(3-4)7(10)11/h1-5H,(H,13,14);1-3,8-9H,(H,10,11). The van der Waals surface area contributed by atoms with E-state index < -0.39 is 11.9 Å². The molecule has 0 saturated heterocycles. The van der Waals surface area contributed by atoms with Crippen molar-refractivity contribution in [2.45, 2.75) is 0 Å². The average molecular weight is 362 g/mol. The van der Waals surface area contributed by atoms with Gasteiger partial charge in [0.1, 0.15) is 23.1 Å². The number of carbonyl (C=O) groups is 2. The van der Waals surface area contributed by atoms with Gasteiger partial charge >= 0.3 is 11.9 Å². The Morgan fingerprint density at radius 1 is 1.04 bits per heavy atom. The summed E-state index contributed by atoms with van der Waals surface area (Å²) in [6.45, 7) is 0. The molecule has 0 radical (unpaired) electrons. The van der Waals surface area contributed by atoms with Gasteiger partial charge in [0.2, 0.25) is 0 Å². The highest BCUT2D eigenvalue weighted by Gasteiger charge is 2.08. The van der Waals surface area contributed by atoms with Crippen LogP contribution in [0.4, 0.5) is 0 Å². The number of nitriles is 1. The second kappa shape index (κ2) is 8.96. The van der Waals surface area contributed by atoms with Crippen LogP contribution in [-0.4, -0.2) is 32.4 Å². The summed E-state index contributed by atoms with van der Waals surface area (Å²) in [7, 11) is 0. The Hall–Kier alpha value is -3.50. The molecule has 0 aliphatic rings. The van der Waals surface area contributed by atoms with E-state index in [9.17, 15) is 9.59 Å². The lowest BCUT2D eigenvalue weighted by molar-refractivity contribution is -0.131. The van der Waals surface area contributed by atoms with Crippen molar-refractivity contribution in [1.29, 1.82) is 5.26 Å². The van der Waals surface area contributed by atoms with E-state index in [1.165, 1.54) is 6.07 Å². The van der Waals surface area contributed by atoms with Crippen LogP contribution in [0.2, 0.25) is 5.02 Å². The van der Waals surface area contributed by atoms with Crippen LogP contribution in [-0.2, 0) is 4.79 Å². The number of carboxylic acid groups (broad SMARTS) is 2. The number of phenols is 2. The lowest BCUT2D eigenvalue weighted by Crippen LogP contribution is -1.95. The molecule has 0 saturated carbocycles. The first-order valence-electron chi connectivity index (χ1n) is 6.60. The van der Waals surface area contributed by atoms with Gasteiger partial charge in [-0.2, -0.15) is 5.26 Å². The summed E-state index contributed by atoms with van der Waals surface area (Å²) in [6, 6.07) is 11.5. The Morgan fingerprint density at radius 3 is 2.08 bits per heavy atom. The Labute approximate surface area is 147 Å². The zero-order valence-electron chi connectivity index (χ0n) is 12.5. The number of aromatic carboxylic acids is 1. The van der Waals surface area contributed by atoms with Crippen LogP contribution >= 0.6 is 11.6 Å². The van der Waals surface area contributed by atoms with E-state index in [0.717, 1.165) is 18.2 Å². The summed E-state index contributed by atoms with van der Waals surface area (Å²) in [4.78, 5) is 20.7. The number of benzene rings is 2. The molecular formula is C17H12ClNO6. The minimum atomic E-state index is -1.27. The Bertz CT molecular complexity index is 852. The molecule has 0 fully saturated rings. The number of aliphatic carboxylic acids is 1. The van der Waals surface area contributed by atoms with Gasteiger partial charge in [-0.25, -0.2) is 9.59 Å². The number of hydrogen-bond donors (Lipinski definition) is 4. The van der Waals surface area contributed by atoms with Gasteiger partial charge in [-0.1, -0.05) is 23.7 Å². The third-order valence-corrected chi connectivity index (χ3v) is 3.01. The topological polar surface area (TPSA) is 139 Å². The number of carboxylic acids is 2. The van der Waals surface area contributed by atoms with Crippen molar-refractivity contribution in [2.75, 3.05) is 0 Å². The molecule has 2 rings (SSSR count). The Balaban J connectivity index is 0.000000257. The van der Waals surface area contributed by atoms with E-state index in [1.54, 1.807) is 30.3 Å². The van der Waals surface area contributed by atoms with E-state index in [0.29, 0.717) is 10.6 Å². The summed E-state index contributed by atoms with van der Waals surface area (Å²) < 4.78 is 0. The molecule has 0 aliphatic heterocycles. The number of aromatic hydroxyl groups is 2. The van der Waals surface area contributed by atoms with E-state index >= 15 is 0 Å². The van der Waals surface area contributed by atoms with Crippen molar-refractivity contribution in [2.24, 2.45) is 0 Å². The highest BCUT2D eigenvalue weighted by atomic mass is 35.5. The van der Waals surface area contributed by atoms with Gasteiger partial charge in [-0.3, -0.25) is 0 Å². The Morgan fingerprint density at radius 2 is 1.64 bits per heavy atom. The molecule has 0 spiro atoms. The van der Waals surface area contributed by atoms with Gasteiger partial charge in [0.05, 0.1) is 5.57 Å². The van der Waals surface area contributed by atoms with Crippen LogP contribution in [0.3, 0.4) is 0 Å². The molecule has 0 heterocycles. The van der Waals surface area contributed by atoms with E-state index in [4.69, 9.17) is 37.3 Å². The van der Waals surface area contributed by atoms with Crippen molar-refractivity contribution >= 4 is 29.1 Å². The predicted molar refractivity (Wildman–Crippen MR) is 89.4 cm³/mol. The summed E-state index contributed by atoms with van der Waals surface area (Å²) in [5, 5.41) is 43.8. The second-order valence-electron chi connectivity index (χ2n) is 4.52. The first-order chi connectivity index (χ1) is 11.7. The first-order valence-corrected chi connectivity index (χ1v) is 6.98. The average Bonchev–Trinajstić information content (AvgIpc) is 2.56. The second-order valence-corrected chi connectivity index (χ2v) is 4.96. The van der Waals surface area contributed by atoms with Crippen LogP contribution in [0.1, 0.15) is 15.9 Å². The van der Waals surface area contributed by atoms with E-state index in [-0.39, 0.29) is 22.6 Å². The number of phenolic OH excluding ortho intramolecular Hbond substituents is 1. The zero-order chi connectivity index (χ0) is 19.0. The molecule has 2 aromatic carbocycles. The maximum atomic E-state index is 10.4. The fraction of sp³-hybridized carbons (Fsp3) is 0. The van der Waals surface area contributed by atoms with Crippen LogP contribution in [0.15, 0.2) is 48.5 Å². The molecule has 0 unspecified atom stereocenters. The van der Waals surface area contributed by atoms with Crippen molar-refractivity contribution < 1.29 is 30.0 Å². The van der Waals surface area contributed by atoms with Gasteiger partial charge in [0.25, 0.3) is 0 Å². The fourth-order valence-electron chi connectivity index (χ4n) is 1.63. The minimum absolute atomic E-state index is 0.106. The van der Waals surface area contributed by atoms with Gasteiger partial charge in [0, 0.05) is 11.1 Å². The molecule has 128 valence electrons. The minimum Gasteiger partial charge on any atom is -0.508 e. The molecule has 0 bridgehead atoms. The number of allylic oxidation sites excluding steroid dienone is 1. The van der Waals surface area contributed by atoms with Gasteiger partial charge < -0.3 is 20.4 Å². The summed E-state index contributed by atoms with van der Waals surface area (Å²) in [5.41, 5.74) is 0.346. The maximum Gasteiger partial charge on any atom is 0.339 e. The quantitative estimate of drug-likeness (QED) is 0.374. The monoisotopic (exact) mass is 361 g/mol. The van der Waals surface area contributed by atoms with E-state index in [2.05, 4.69) is 0 Å². The van der Waals surface area contributed by atoms with Crippen molar-refractivity contribution in [3.8, 4) is 17.6 Å². The Kier molecular flexibility index (Phi) is 7.00. The van der Waals surface area contributed by atoms with Crippen LogP contribution in [0, 0.1) is 11.3 Å². The lowest BCUT2D eigenvalue weighted by Gasteiger charge is -1.98. The molecule has 8 heteroatoms. The molecular weight excluding hydrogens is 350 g/mol. The normalized spacial score (nSPS) is 10.2. The lowest BCUT2D eigenvalue weighted by atomic mass is 10.1.